The van der Waals surface area contributed by atoms with E-state index in [4.69, 9.17) is 0 Å². The maximum absolute atomic E-state index is 13.0. The maximum atomic E-state index is 13.0. The molecule has 104 valence electrons. The minimum atomic E-state index is -4.63. The summed E-state index contributed by atoms with van der Waals surface area (Å²) in [5, 5.41) is 2.23. The van der Waals surface area contributed by atoms with E-state index in [1.165, 1.54) is 30.3 Å². The largest absolute Gasteiger partial charge is 0.417 e. The van der Waals surface area contributed by atoms with Crippen molar-refractivity contribution in [3.8, 4) is 0 Å². The molecule has 0 aliphatic carbocycles. The van der Waals surface area contributed by atoms with Crippen LogP contribution in [-0.2, 0) is 6.18 Å². The number of hydrogen-bond acceptors (Lipinski definition) is 1. The van der Waals surface area contributed by atoms with Crippen LogP contribution in [0.4, 0.5) is 23.2 Å². The van der Waals surface area contributed by atoms with Crippen LogP contribution in [0.3, 0.4) is 0 Å². The summed E-state index contributed by atoms with van der Waals surface area (Å²) in [6, 6.07) is 9.33. The highest BCUT2D eigenvalue weighted by Gasteiger charge is 2.34. The molecule has 0 atom stereocenters. The molecule has 0 radical (unpaired) electrons. The molecule has 1 amide bonds. The first-order chi connectivity index (χ1) is 9.38. The molecule has 20 heavy (non-hydrogen) atoms. The van der Waals surface area contributed by atoms with E-state index in [1.807, 2.05) is 0 Å². The molecule has 0 spiro atoms. The zero-order valence-corrected chi connectivity index (χ0v) is 10.0. The van der Waals surface area contributed by atoms with Gasteiger partial charge in [-0.15, -0.1) is 0 Å². The lowest BCUT2D eigenvalue weighted by Gasteiger charge is -2.12. The first kappa shape index (κ1) is 14.0. The van der Waals surface area contributed by atoms with E-state index < -0.39 is 29.0 Å². The van der Waals surface area contributed by atoms with Crippen LogP contribution in [0.5, 0.6) is 0 Å². The third kappa shape index (κ3) is 3.14. The maximum Gasteiger partial charge on any atom is 0.417 e. The van der Waals surface area contributed by atoms with Crippen LogP contribution in [0.15, 0.2) is 48.5 Å². The number of rotatable bonds is 2. The van der Waals surface area contributed by atoms with Gasteiger partial charge in [0.05, 0.1) is 11.1 Å². The molecule has 0 aliphatic rings. The lowest BCUT2D eigenvalue weighted by molar-refractivity contribution is -0.137. The van der Waals surface area contributed by atoms with Gasteiger partial charge in [-0.05, 0) is 30.3 Å². The van der Waals surface area contributed by atoms with Crippen LogP contribution in [-0.4, -0.2) is 5.91 Å². The van der Waals surface area contributed by atoms with Crippen molar-refractivity contribution in [2.75, 3.05) is 5.32 Å². The first-order valence-electron chi connectivity index (χ1n) is 5.61. The SMILES string of the molecule is O=C(Nc1cccc(F)c1)c1ccccc1C(F)(F)F. The van der Waals surface area contributed by atoms with Gasteiger partial charge in [-0.2, -0.15) is 13.2 Å². The van der Waals surface area contributed by atoms with Gasteiger partial charge < -0.3 is 5.32 Å². The van der Waals surface area contributed by atoms with Gasteiger partial charge in [-0.25, -0.2) is 4.39 Å². The topological polar surface area (TPSA) is 29.1 Å². The number of carbonyl (C=O) groups excluding carboxylic acids is 1. The first-order valence-corrected chi connectivity index (χ1v) is 5.61. The van der Waals surface area contributed by atoms with Crippen molar-refractivity contribution in [1.82, 2.24) is 0 Å². The average Bonchev–Trinajstić information content (AvgIpc) is 2.37. The average molecular weight is 283 g/mol. The third-order valence-electron chi connectivity index (χ3n) is 2.56. The Balaban J connectivity index is 2.31. The normalized spacial score (nSPS) is 11.2. The van der Waals surface area contributed by atoms with Gasteiger partial charge in [0, 0.05) is 5.69 Å². The Morgan fingerprint density at radius 2 is 1.70 bits per heavy atom. The molecule has 0 aliphatic heterocycles. The quantitative estimate of drug-likeness (QED) is 0.826. The van der Waals surface area contributed by atoms with Crippen LogP contribution >= 0.6 is 0 Å². The molecule has 0 saturated heterocycles. The second kappa shape index (κ2) is 5.32. The van der Waals surface area contributed by atoms with Crippen molar-refractivity contribution in [2.45, 2.75) is 6.18 Å². The number of benzene rings is 2. The van der Waals surface area contributed by atoms with E-state index in [2.05, 4.69) is 5.32 Å². The number of nitrogens with one attached hydrogen (secondary N) is 1. The lowest BCUT2D eigenvalue weighted by Crippen LogP contribution is -2.18. The summed E-state index contributed by atoms with van der Waals surface area (Å²) in [7, 11) is 0. The summed E-state index contributed by atoms with van der Waals surface area (Å²) >= 11 is 0. The Morgan fingerprint density at radius 1 is 1.00 bits per heavy atom. The minimum absolute atomic E-state index is 0.0898. The lowest BCUT2D eigenvalue weighted by atomic mass is 10.1. The van der Waals surface area contributed by atoms with Gasteiger partial charge in [0.15, 0.2) is 0 Å². The Labute approximate surface area is 112 Å². The van der Waals surface area contributed by atoms with Crippen LogP contribution in [0.25, 0.3) is 0 Å². The van der Waals surface area contributed by atoms with Crippen molar-refractivity contribution < 1.29 is 22.4 Å². The third-order valence-corrected chi connectivity index (χ3v) is 2.56. The summed E-state index contributed by atoms with van der Waals surface area (Å²) < 4.78 is 51.3. The number of amides is 1. The number of hydrogen-bond donors (Lipinski definition) is 1. The number of anilines is 1. The van der Waals surface area contributed by atoms with E-state index in [9.17, 15) is 22.4 Å². The molecule has 2 nitrogen and oxygen atoms in total. The summed E-state index contributed by atoms with van der Waals surface area (Å²) in [5.74, 6) is -1.53. The fourth-order valence-corrected chi connectivity index (χ4v) is 1.69. The molecule has 0 heterocycles. The van der Waals surface area contributed by atoms with Gasteiger partial charge in [0.1, 0.15) is 5.82 Å². The molecule has 0 fully saturated rings. The van der Waals surface area contributed by atoms with Gasteiger partial charge in [0.25, 0.3) is 5.91 Å². The predicted molar refractivity (Wildman–Crippen MR) is 65.8 cm³/mol. The molecule has 1 N–H and O–H groups in total. The molecule has 2 aromatic carbocycles. The Hall–Kier alpha value is -2.37. The molecule has 0 unspecified atom stereocenters. The van der Waals surface area contributed by atoms with E-state index >= 15 is 0 Å². The van der Waals surface area contributed by atoms with Crippen molar-refractivity contribution in [3.63, 3.8) is 0 Å². The van der Waals surface area contributed by atoms with Gasteiger partial charge in [-0.3, -0.25) is 4.79 Å². The molecular formula is C14H9F4NO. The summed E-state index contributed by atoms with van der Waals surface area (Å²) in [6.07, 6.45) is -4.63. The smallest absolute Gasteiger partial charge is 0.322 e. The Kier molecular flexibility index (Phi) is 3.74. The fourth-order valence-electron chi connectivity index (χ4n) is 1.69. The van der Waals surface area contributed by atoms with Gasteiger partial charge in [0.2, 0.25) is 0 Å². The predicted octanol–water partition coefficient (Wildman–Crippen LogP) is 4.10. The molecular weight excluding hydrogens is 274 g/mol. The Morgan fingerprint density at radius 3 is 2.35 bits per heavy atom. The highest BCUT2D eigenvalue weighted by atomic mass is 19.4. The molecule has 6 heteroatoms. The standard InChI is InChI=1S/C14H9F4NO/c15-9-4-3-5-10(8-9)19-13(20)11-6-1-2-7-12(11)14(16,17)18/h1-8H,(H,19,20). The number of halogens is 4. The minimum Gasteiger partial charge on any atom is -0.322 e. The van der Waals surface area contributed by atoms with Gasteiger partial charge >= 0.3 is 6.18 Å². The number of alkyl halides is 3. The highest BCUT2D eigenvalue weighted by Crippen LogP contribution is 2.32. The zero-order valence-electron chi connectivity index (χ0n) is 10.0. The highest BCUT2D eigenvalue weighted by molar-refractivity contribution is 6.05. The van der Waals surface area contributed by atoms with Crippen molar-refractivity contribution in [3.05, 3.63) is 65.5 Å². The van der Waals surface area contributed by atoms with Crippen LogP contribution in [0.2, 0.25) is 0 Å². The molecule has 0 aromatic heterocycles. The van der Waals surface area contributed by atoms with Crippen LogP contribution < -0.4 is 5.32 Å². The molecule has 0 saturated carbocycles. The van der Waals surface area contributed by atoms with Crippen molar-refractivity contribution >= 4 is 11.6 Å². The number of carbonyl (C=O) groups is 1. The summed E-state index contributed by atoms with van der Waals surface area (Å²) in [5.41, 5.74) is -1.45. The summed E-state index contributed by atoms with van der Waals surface area (Å²) in [4.78, 5) is 11.9. The molecule has 2 aromatic rings. The van der Waals surface area contributed by atoms with E-state index in [0.717, 1.165) is 18.2 Å². The zero-order chi connectivity index (χ0) is 14.8. The van der Waals surface area contributed by atoms with Gasteiger partial charge in [-0.1, -0.05) is 18.2 Å². The molecule has 0 bridgehead atoms. The van der Waals surface area contributed by atoms with E-state index in [1.54, 1.807) is 0 Å². The van der Waals surface area contributed by atoms with E-state index in [0.29, 0.717) is 0 Å². The van der Waals surface area contributed by atoms with Crippen LogP contribution in [0.1, 0.15) is 15.9 Å². The monoisotopic (exact) mass is 283 g/mol. The fraction of sp³-hybridized carbons (Fsp3) is 0.0714. The van der Waals surface area contributed by atoms with E-state index in [-0.39, 0.29) is 5.69 Å². The van der Waals surface area contributed by atoms with Crippen LogP contribution in [0, 0.1) is 5.82 Å². The second-order valence-electron chi connectivity index (χ2n) is 4.01. The van der Waals surface area contributed by atoms with Crippen molar-refractivity contribution in [2.24, 2.45) is 0 Å². The Bertz CT molecular complexity index is 637. The van der Waals surface area contributed by atoms with Crippen molar-refractivity contribution in [1.29, 1.82) is 0 Å². The summed E-state index contributed by atoms with van der Waals surface area (Å²) in [6.45, 7) is 0. The second-order valence-corrected chi connectivity index (χ2v) is 4.01. The molecule has 2 rings (SSSR count).